The molecule has 0 heterocycles. The Labute approximate surface area is 116 Å². The summed E-state index contributed by atoms with van der Waals surface area (Å²) in [6, 6.07) is 13.3. The van der Waals surface area contributed by atoms with Crippen molar-refractivity contribution in [1.82, 2.24) is 0 Å². The molecular weight excluding hydrogens is 256 g/mol. The van der Waals surface area contributed by atoms with Gasteiger partial charge in [0, 0.05) is 0 Å². The molecule has 0 unspecified atom stereocenters. The van der Waals surface area contributed by atoms with Gasteiger partial charge < -0.3 is 15.2 Å². The van der Waals surface area contributed by atoms with Crippen molar-refractivity contribution in [2.45, 2.75) is 0 Å². The van der Waals surface area contributed by atoms with Crippen LogP contribution in [0, 0.1) is 11.3 Å². The SMILES string of the molecule is COC(=O)c1ccc(N)c(Oc2cccc(C#N)c2)c1. The summed E-state index contributed by atoms with van der Waals surface area (Å²) < 4.78 is 10.2. The zero-order valence-corrected chi connectivity index (χ0v) is 10.8. The van der Waals surface area contributed by atoms with Gasteiger partial charge in [0.2, 0.25) is 0 Å². The smallest absolute Gasteiger partial charge is 0.337 e. The Bertz CT molecular complexity index is 690. The summed E-state index contributed by atoms with van der Waals surface area (Å²) in [7, 11) is 1.30. The fraction of sp³-hybridized carbons (Fsp3) is 0.0667. The quantitative estimate of drug-likeness (QED) is 0.683. The summed E-state index contributed by atoms with van der Waals surface area (Å²) in [5, 5.41) is 8.84. The van der Waals surface area contributed by atoms with E-state index in [9.17, 15) is 4.79 Å². The second kappa shape index (κ2) is 5.76. The highest BCUT2D eigenvalue weighted by Crippen LogP contribution is 2.29. The number of rotatable bonds is 3. The van der Waals surface area contributed by atoms with Gasteiger partial charge in [-0.15, -0.1) is 0 Å². The van der Waals surface area contributed by atoms with Crippen LogP contribution in [0.5, 0.6) is 11.5 Å². The molecule has 2 aromatic carbocycles. The van der Waals surface area contributed by atoms with Crippen LogP contribution in [0.2, 0.25) is 0 Å². The second-order valence-electron chi connectivity index (χ2n) is 3.99. The van der Waals surface area contributed by atoms with E-state index in [1.54, 1.807) is 36.4 Å². The van der Waals surface area contributed by atoms with Gasteiger partial charge in [-0.2, -0.15) is 5.26 Å². The molecule has 2 aromatic rings. The Hall–Kier alpha value is -3.00. The first-order valence-corrected chi connectivity index (χ1v) is 5.80. The number of hydrogen-bond donors (Lipinski definition) is 1. The maximum absolute atomic E-state index is 11.5. The van der Waals surface area contributed by atoms with E-state index in [0.29, 0.717) is 28.3 Å². The molecule has 0 spiro atoms. The van der Waals surface area contributed by atoms with Crippen LogP contribution in [0.15, 0.2) is 42.5 Å². The summed E-state index contributed by atoms with van der Waals surface area (Å²) in [4.78, 5) is 11.5. The maximum atomic E-state index is 11.5. The van der Waals surface area contributed by atoms with Crippen molar-refractivity contribution < 1.29 is 14.3 Å². The fourth-order valence-corrected chi connectivity index (χ4v) is 1.62. The monoisotopic (exact) mass is 268 g/mol. The highest BCUT2D eigenvalue weighted by atomic mass is 16.5. The van der Waals surface area contributed by atoms with Crippen LogP contribution >= 0.6 is 0 Å². The van der Waals surface area contributed by atoms with Gasteiger partial charge in [0.15, 0.2) is 5.75 Å². The van der Waals surface area contributed by atoms with Crippen LogP contribution in [-0.4, -0.2) is 13.1 Å². The van der Waals surface area contributed by atoms with E-state index in [-0.39, 0.29) is 0 Å². The largest absolute Gasteiger partial charge is 0.465 e. The topological polar surface area (TPSA) is 85.3 Å². The van der Waals surface area contributed by atoms with Crippen molar-refractivity contribution >= 4 is 11.7 Å². The van der Waals surface area contributed by atoms with Gasteiger partial charge in [-0.05, 0) is 36.4 Å². The minimum absolute atomic E-state index is 0.336. The number of methoxy groups -OCH3 is 1. The van der Waals surface area contributed by atoms with Crippen molar-refractivity contribution in [1.29, 1.82) is 5.26 Å². The van der Waals surface area contributed by atoms with Crippen LogP contribution < -0.4 is 10.5 Å². The Balaban J connectivity index is 2.33. The molecule has 0 amide bonds. The molecule has 0 bridgehead atoms. The lowest BCUT2D eigenvalue weighted by molar-refractivity contribution is 0.0600. The number of carbonyl (C=O) groups excluding carboxylic acids is 1. The van der Waals surface area contributed by atoms with Gasteiger partial charge in [0.05, 0.1) is 30.0 Å². The Morgan fingerprint density at radius 1 is 1.25 bits per heavy atom. The molecule has 0 aromatic heterocycles. The van der Waals surface area contributed by atoms with Crippen molar-refractivity contribution in [2.75, 3.05) is 12.8 Å². The molecule has 5 heteroatoms. The standard InChI is InChI=1S/C15H12N2O3/c1-19-15(18)11-5-6-13(17)14(8-11)20-12-4-2-3-10(7-12)9-16/h2-8H,17H2,1H3. The van der Waals surface area contributed by atoms with Crippen LogP contribution in [0.4, 0.5) is 5.69 Å². The molecule has 100 valence electrons. The predicted molar refractivity (Wildman–Crippen MR) is 73.4 cm³/mol. The van der Waals surface area contributed by atoms with Crippen molar-refractivity contribution in [2.24, 2.45) is 0 Å². The molecule has 0 aliphatic heterocycles. The number of nitriles is 1. The number of ether oxygens (including phenoxy) is 2. The third kappa shape index (κ3) is 2.87. The third-order valence-corrected chi connectivity index (χ3v) is 2.63. The van der Waals surface area contributed by atoms with E-state index in [2.05, 4.69) is 4.74 Å². The number of carbonyl (C=O) groups is 1. The molecule has 0 fully saturated rings. The third-order valence-electron chi connectivity index (χ3n) is 2.63. The molecule has 0 saturated heterocycles. The summed E-state index contributed by atoms with van der Waals surface area (Å²) in [5.74, 6) is 0.335. The molecule has 0 aliphatic carbocycles. The van der Waals surface area contributed by atoms with Crippen LogP contribution in [0.25, 0.3) is 0 Å². The number of nitrogens with two attached hydrogens (primary N) is 1. The van der Waals surface area contributed by atoms with Gasteiger partial charge >= 0.3 is 5.97 Å². The zero-order valence-electron chi connectivity index (χ0n) is 10.8. The molecule has 0 radical (unpaired) electrons. The highest BCUT2D eigenvalue weighted by molar-refractivity contribution is 5.90. The van der Waals surface area contributed by atoms with E-state index >= 15 is 0 Å². The average molecular weight is 268 g/mol. The lowest BCUT2D eigenvalue weighted by Crippen LogP contribution is -2.02. The van der Waals surface area contributed by atoms with Gasteiger partial charge in [-0.1, -0.05) is 6.07 Å². The zero-order chi connectivity index (χ0) is 14.5. The average Bonchev–Trinajstić information content (AvgIpc) is 2.49. The van der Waals surface area contributed by atoms with Gasteiger partial charge in [-0.3, -0.25) is 0 Å². The van der Waals surface area contributed by atoms with E-state index in [1.807, 2.05) is 6.07 Å². The number of benzene rings is 2. The lowest BCUT2D eigenvalue weighted by Gasteiger charge is -2.10. The molecule has 0 atom stereocenters. The van der Waals surface area contributed by atoms with Crippen LogP contribution in [0.1, 0.15) is 15.9 Å². The van der Waals surface area contributed by atoms with Crippen molar-refractivity contribution in [3.05, 3.63) is 53.6 Å². The van der Waals surface area contributed by atoms with Gasteiger partial charge in [-0.25, -0.2) is 4.79 Å². The number of nitrogens with zero attached hydrogens (tertiary/aromatic N) is 1. The molecular formula is C15H12N2O3. The van der Waals surface area contributed by atoms with Crippen molar-refractivity contribution in [3.8, 4) is 17.6 Å². The van der Waals surface area contributed by atoms with Gasteiger partial charge in [0.25, 0.3) is 0 Å². The summed E-state index contributed by atoms with van der Waals surface area (Å²) in [6.07, 6.45) is 0. The fourth-order valence-electron chi connectivity index (χ4n) is 1.62. The number of nitrogen functional groups attached to an aromatic ring is 1. The van der Waals surface area contributed by atoms with Crippen LogP contribution in [-0.2, 0) is 4.74 Å². The molecule has 2 N–H and O–H groups in total. The number of esters is 1. The number of hydrogen-bond acceptors (Lipinski definition) is 5. The first kappa shape index (κ1) is 13.4. The molecule has 2 rings (SSSR count). The molecule has 0 saturated carbocycles. The lowest BCUT2D eigenvalue weighted by atomic mass is 10.2. The normalized spacial score (nSPS) is 9.60. The van der Waals surface area contributed by atoms with Crippen LogP contribution in [0.3, 0.4) is 0 Å². The summed E-state index contributed by atoms with van der Waals surface area (Å²) in [5.41, 5.74) is 7.01. The minimum atomic E-state index is -0.472. The Morgan fingerprint density at radius 2 is 2.05 bits per heavy atom. The summed E-state index contributed by atoms with van der Waals surface area (Å²) >= 11 is 0. The van der Waals surface area contributed by atoms with Gasteiger partial charge in [0.1, 0.15) is 5.75 Å². The Kier molecular flexibility index (Phi) is 3.87. The van der Waals surface area contributed by atoms with E-state index < -0.39 is 5.97 Å². The predicted octanol–water partition coefficient (Wildman–Crippen LogP) is 2.72. The maximum Gasteiger partial charge on any atom is 0.337 e. The molecule has 5 nitrogen and oxygen atoms in total. The highest BCUT2D eigenvalue weighted by Gasteiger charge is 2.10. The first-order chi connectivity index (χ1) is 9.63. The molecule has 0 aliphatic rings. The first-order valence-electron chi connectivity index (χ1n) is 5.80. The van der Waals surface area contributed by atoms with E-state index in [4.69, 9.17) is 15.7 Å². The molecule has 20 heavy (non-hydrogen) atoms. The Morgan fingerprint density at radius 3 is 2.75 bits per heavy atom. The van der Waals surface area contributed by atoms with E-state index in [0.717, 1.165) is 0 Å². The van der Waals surface area contributed by atoms with E-state index in [1.165, 1.54) is 13.2 Å². The second-order valence-corrected chi connectivity index (χ2v) is 3.99. The minimum Gasteiger partial charge on any atom is -0.465 e. The number of anilines is 1. The summed E-state index contributed by atoms with van der Waals surface area (Å²) in [6.45, 7) is 0. The van der Waals surface area contributed by atoms with Crippen molar-refractivity contribution in [3.63, 3.8) is 0 Å².